The zero-order chi connectivity index (χ0) is 14.5. The Morgan fingerprint density at radius 3 is 2.20 bits per heavy atom. The van der Waals surface area contributed by atoms with Crippen molar-refractivity contribution in [1.29, 1.82) is 0 Å². The Morgan fingerprint density at radius 1 is 1.10 bits per heavy atom. The monoisotopic (exact) mass is 274 g/mol. The second-order valence-electron chi connectivity index (χ2n) is 5.64. The molecule has 1 aliphatic carbocycles. The minimum Gasteiger partial charge on any atom is -0.490 e. The molecule has 0 aromatic heterocycles. The molecule has 3 heteroatoms. The van der Waals surface area contributed by atoms with E-state index in [2.05, 4.69) is 13.5 Å². The molecule has 1 aromatic carbocycles. The first kappa shape index (κ1) is 14.6. The highest BCUT2D eigenvalue weighted by Gasteiger charge is 2.19. The van der Waals surface area contributed by atoms with Crippen molar-refractivity contribution in [1.82, 2.24) is 0 Å². The molecule has 1 saturated carbocycles. The summed E-state index contributed by atoms with van der Waals surface area (Å²) in [4.78, 5) is 11.4. The van der Waals surface area contributed by atoms with E-state index in [1.165, 1.54) is 12.8 Å². The van der Waals surface area contributed by atoms with Gasteiger partial charge in [-0.05, 0) is 62.8 Å². The number of hydrogen-bond acceptors (Lipinski definition) is 3. The SMILES string of the molecule is C=C(C)C(=O)Oc1ccc(OC2CCC(C)CC2)cc1. The zero-order valence-corrected chi connectivity index (χ0v) is 12.2. The minimum absolute atomic E-state index is 0.315. The molecule has 0 atom stereocenters. The highest BCUT2D eigenvalue weighted by atomic mass is 16.5. The molecule has 1 aliphatic rings. The maximum Gasteiger partial charge on any atom is 0.338 e. The van der Waals surface area contributed by atoms with Crippen LogP contribution in [0.25, 0.3) is 0 Å². The zero-order valence-electron chi connectivity index (χ0n) is 12.2. The second-order valence-corrected chi connectivity index (χ2v) is 5.64. The number of hydrogen-bond donors (Lipinski definition) is 0. The molecule has 0 saturated heterocycles. The van der Waals surface area contributed by atoms with Gasteiger partial charge < -0.3 is 9.47 Å². The molecule has 0 amide bonds. The lowest BCUT2D eigenvalue weighted by Crippen LogP contribution is -2.22. The first-order valence-corrected chi connectivity index (χ1v) is 7.19. The number of rotatable bonds is 4. The van der Waals surface area contributed by atoms with Gasteiger partial charge in [0.25, 0.3) is 0 Å². The average Bonchev–Trinajstić information content (AvgIpc) is 2.43. The number of benzene rings is 1. The molecular formula is C17H22O3. The van der Waals surface area contributed by atoms with E-state index in [-0.39, 0.29) is 0 Å². The van der Waals surface area contributed by atoms with Gasteiger partial charge in [-0.2, -0.15) is 0 Å². The van der Waals surface area contributed by atoms with Crippen LogP contribution < -0.4 is 9.47 Å². The van der Waals surface area contributed by atoms with Gasteiger partial charge in [0.2, 0.25) is 0 Å². The van der Waals surface area contributed by atoms with Crippen LogP contribution in [-0.4, -0.2) is 12.1 Å². The standard InChI is InChI=1S/C17H22O3/c1-12(2)17(18)20-16-10-8-15(9-11-16)19-14-6-4-13(3)5-7-14/h8-11,13-14H,1,4-7H2,2-3H3. The van der Waals surface area contributed by atoms with Crippen LogP contribution in [0, 0.1) is 5.92 Å². The molecule has 0 N–H and O–H groups in total. The predicted octanol–water partition coefficient (Wildman–Crippen LogP) is 4.13. The van der Waals surface area contributed by atoms with Crippen LogP contribution in [0.1, 0.15) is 39.5 Å². The lowest BCUT2D eigenvalue weighted by molar-refractivity contribution is -0.130. The second kappa shape index (κ2) is 6.60. The number of esters is 1. The van der Waals surface area contributed by atoms with E-state index in [0.717, 1.165) is 24.5 Å². The molecular weight excluding hydrogens is 252 g/mol. The third kappa shape index (κ3) is 4.12. The molecule has 1 fully saturated rings. The molecule has 20 heavy (non-hydrogen) atoms. The molecule has 0 unspecified atom stereocenters. The Bertz CT molecular complexity index is 468. The van der Waals surface area contributed by atoms with Gasteiger partial charge in [0.15, 0.2) is 0 Å². The van der Waals surface area contributed by atoms with E-state index < -0.39 is 5.97 Å². The van der Waals surface area contributed by atoms with Gasteiger partial charge in [-0.3, -0.25) is 0 Å². The summed E-state index contributed by atoms with van der Waals surface area (Å²) >= 11 is 0. The van der Waals surface area contributed by atoms with E-state index in [1.54, 1.807) is 19.1 Å². The number of carbonyl (C=O) groups excluding carboxylic acids is 1. The van der Waals surface area contributed by atoms with Crippen molar-refractivity contribution >= 4 is 5.97 Å². The van der Waals surface area contributed by atoms with Crippen molar-refractivity contribution in [2.24, 2.45) is 5.92 Å². The van der Waals surface area contributed by atoms with Crippen LogP contribution in [0.2, 0.25) is 0 Å². The summed E-state index contributed by atoms with van der Waals surface area (Å²) in [5, 5.41) is 0. The molecule has 0 spiro atoms. The summed E-state index contributed by atoms with van der Waals surface area (Å²) in [6.45, 7) is 7.47. The van der Waals surface area contributed by atoms with Crippen molar-refractivity contribution in [2.75, 3.05) is 0 Å². The molecule has 1 aromatic rings. The third-order valence-corrected chi connectivity index (χ3v) is 3.65. The summed E-state index contributed by atoms with van der Waals surface area (Å²) in [6, 6.07) is 7.20. The lowest BCUT2D eigenvalue weighted by Gasteiger charge is -2.26. The Labute approximate surface area is 120 Å². The maximum atomic E-state index is 11.4. The normalized spacial score (nSPS) is 22.1. The first-order valence-electron chi connectivity index (χ1n) is 7.19. The summed E-state index contributed by atoms with van der Waals surface area (Å²) in [7, 11) is 0. The van der Waals surface area contributed by atoms with Crippen molar-refractivity contribution in [3.8, 4) is 11.5 Å². The minimum atomic E-state index is -0.403. The third-order valence-electron chi connectivity index (χ3n) is 3.65. The summed E-state index contributed by atoms with van der Waals surface area (Å²) < 4.78 is 11.1. The molecule has 0 radical (unpaired) electrons. The smallest absolute Gasteiger partial charge is 0.338 e. The largest absolute Gasteiger partial charge is 0.490 e. The van der Waals surface area contributed by atoms with Crippen molar-refractivity contribution in [2.45, 2.75) is 45.6 Å². The molecule has 108 valence electrons. The quantitative estimate of drug-likeness (QED) is 0.470. The van der Waals surface area contributed by atoms with E-state index in [4.69, 9.17) is 9.47 Å². The number of carbonyl (C=O) groups is 1. The van der Waals surface area contributed by atoms with Gasteiger partial charge in [0.1, 0.15) is 11.5 Å². The van der Waals surface area contributed by atoms with Gasteiger partial charge in [-0.25, -0.2) is 4.79 Å². The fourth-order valence-corrected chi connectivity index (χ4v) is 2.32. The van der Waals surface area contributed by atoms with Gasteiger partial charge >= 0.3 is 5.97 Å². The maximum absolute atomic E-state index is 11.4. The lowest BCUT2D eigenvalue weighted by atomic mass is 9.89. The summed E-state index contributed by atoms with van der Waals surface area (Å²) in [6.07, 6.45) is 5.02. The van der Waals surface area contributed by atoms with E-state index in [9.17, 15) is 4.79 Å². The molecule has 0 aliphatic heterocycles. The van der Waals surface area contributed by atoms with Gasteiger partial charge in [0.05, 0.1) is 6.10 Å². The van der Waals surface area contributed by atoms with Crippen molar-refractivity contribution < 1.29 is 14.3 Å². The van der Waals surface area contributed by atoms with Gasteiger partial charge in [0, 0.05) is 5.57 Å². The van der Waals surface area contributed by atoms with Crippen LogP contribution in [0.3, 0.4) is 0 Å². The van der Waals surface area contributed by atoms with Gasteiger partial charge in [-0.1, -0.05) is 13.5 Å². The Morgan fingerprint density at radius 2 is 1.65 bits per heavy atom. The molecule has 2 rings (SSSR count). The van der Waals surface area contributed by atoms with Crippen LogP contribution in [0.5, 0.6) is 11.5 Å². The topological polar surface area (TPSA) is 35.5 Å². The average molecular weight is 274 g/mol. The fourth-order valence-electron chi connectivity index (χ4n) is 2.32. The van der Waals surface area contributed by atoms with E-state index in [1.807, 2.05) is 12.1 Å². The number of ether oxygens (including phenoxy) is 2. The summed E-state index contributed by atoms with van der Waals surface area (Å²) in [5.41, 5.74) is 0.390. The van der Waals surface area contributed by atoms with E-state index in [0.29, 0.717) is 17.4 Å². The Kier molecular flexibility index (Phi) is 4.83. The van der Waals surface area contributed by atoms with Crippen molar-refractivity contribution in [3.63, 3.8) is 0 Å². The van der Waals surface area contributed by atoms with Crippen LogP contribution in [0.4, 0.5) is 0 Å². The Balaban J connectivity index is 1.88. The highest BCUT2D eigenvalue weighted by Crippen LogP contribution is 2.28. The summed E-state index contributed by atoms with van der Waals surface area (Å²) in [5.74, 6) is 1.76. The molecule has 0 heterocycles. The van der Waals surface area contributed by atoms with Crippen molar-refractivity contribution in [3.05, 3.63) is 36.4 Å². The van der Waals surface area contributed by atoms with Crippen LogP contribution in [-0.2, 0) is 4.79 Å². The van der Waals surface area contributed by atoms with Crippen LogP contribution in [0.15, 0.2) is 36.4 Å². The molecule has 0 bridgehead atoms. The molecule has 3 nitrogen and oxygen atoms in total. The first-order chi connectivity index (χ1) is 9.54. The highest BCUT2D eigenvalue weighted by molar-refractivity contribution is 5.88. The fraction of sp³-hybridized carbons (Fsp3) is 0.471. The predicted molar refractivity (Wildman–Crippen MR) is 78.9 cm³/mol. The van der Waals surface area contributed by atoms with E-state index >= 15 is 0 Å². The van der Waals surface area contributed by atoms with Crippen LogP contribution >= 0.6 is 0 Å². The Hall–Kier alpha value is -1.77. The van der Waals surface area contributed by atoms with Gasteiger partial charge in [-0.15, -0.1) is 0 Å².